The fourth-order valence-corrected chi connectivity index (χ4v) is 2.43. The lowest BCUT2D eigenvalue weighted by atomic mass is 10.0. The van der Waals surface area contributed by atoms with E-state index in [1.165, 1.54) is 12.4 Å². The third-order valence-electron chi connectivity index (χ3n) is 3.49. The summed E-state index contributed by atoms with van der Waals surface area (Å²) < 4.78 is 0. The molecule has 0 fully saturated rings. The van der Waals surface area contributed by atoms with Crippen LogP contribution in [0.25, 0.3) is 0 Å². The second-order valence-electron chi connectivity index (χ2n) is 5.13. The number of halogens is 1. The van der Waals surface area contributed by atoms with Crippen molar-refractivity contribution in [3.8, 4) is 0 Å². The van der Waals surface area contributed by atoms with Crippen LogP contribution < -0.4 is 5.32 Å². The molecule has 1 amide bonds. The largest absolute Gasteiger partial charge is 0.325 e. The van der Waals surface area contributed by atoms with Crippen LogP contribution in [0.1, 0.15) is 23.5 Å². The Morgan fingerprint density at radius 1 is 1.13 bits per heavy atom. The van der Waals surface area contributed by atoms with Crippen LogP contribution in [-0.2, 0) is 11.2 Å². The number of nitrogens with one attached hydrogen (secondary N) is 3. The van der Waals surface area contributed by atoms with Crippen molar-refractivity contribution in [3.63, 3.8) is 0 Å². The summed E-state index contributed by atoms with van der Waals surface area (Å²) in [6, 6.07) is 15.0. The first-order valence-electron chi connectivity index (χ1n) is 7.28. The minimum atomic E-state index is -0.393. The Morgan fingerprint density at radius 2 is 1.83 bits per heavy atom. The van der Waals surface area contributed by atoms with Crippen molar-refractivity contribution in [2.75, 3.05) is 5.32 Å². The van der Waals surface area contributed by atoms with Gasteiger partial charge >= 0.3 is 0 Å². The van der Waals surface area contributed by atoms with Gasteiger partial charge in [0.1, 0.15) is 0 Å². The average molecular weight is 328 g/mol. The van der Waals surface area contributed by atoms with Crippen LogP contribution in [0.3, 0.4) is 0 Å². The smallest absolute Gasteiger partial charge is 0.224 e. The fourth-order valence-electron chi connectivity index (χ4n) is 2.20. The highest BCUT2D eigenvalue weighted by molar-refractivity contribution is 6.33. The van der Waals surface area contributed by atoms with Crippen molar-refractivity contribution in [2.45, 2.75) is 18.8 Å². The van der Waals surface area contributed by atoms with E-state index >= 15 is 0 Å². The van der Waals surface area contributed by atoms with Crippen LogP contribution in [0.15, 0.2) is 48.5 Å². The standard InChI is InChI=1S/C18H18ClN3O/c19-16-10-14(15(11-20)12-21)7-8-17(16)22-18(23)9-6-13-4-2-1-3-5-13/h1-5,7-8,10-12,15,20-21H,6,9H2,(H,22,23). The summed E-state index contributed by atoms with van der Waals surface area (Å²) in [5.74, 6) is -0.491. The SMILES string of the molecule is N=CC(C=N)c1ccc(NC(=O)CCc2ccccc2)c(Cl)c1. The second-order valence-corrected chi connectivity index (χ2v) is 5.54. The minimum absolute atomic E-state index is 0.0980. The van der Waals surface area contributed by atoms with E-state index in [-0.39, 0.29) is 5.91 Å². The molecule has 4 nitrogen and oxygen atoms in total. The number of rotatable bonds is 7. The number of hydrogen-bond donors (Lipinski definition) is 3. The van der Waals surface area contributed by atoms with Gasteiger partial charge < -0.3 is 16.1 Å². The van der Waals surface area contributed by atoms with Crippen molar-refractivity contribution in [1.29, 1.82) is 10.8 Å². The van der Waals surface area contributed by atoms with Gasteiger partial charge in [-0.15, -0.1) is 0 Å². The Balaban J connectivity index is 1.98. The van der Waals surface area contributed by atoms with Gasteiger partial charge in [0.05, 0.1) is 16.6 Å². The van der Waals surface area contributed by atoms with E-state index in [0.29, 0.717) is 23.6 Å². The van der Waals surface area contributed by atoms with E-state index in [1.54, 1.807) is 18.2 Å². The lowest BCUT2D eigenvalue weighted by Gasteiger charge is -2.11. The molecule has 0 aliphatic heterocycles. The molecule has 118 valence electrons. The second kappa shape index (κ2) is 8.25. The van der Waals surface area contributed by atoms with Gasteiger partial charge in [0.25, 0.3) is 0 Å². The summed E-state index contributed by atoms with van der Waals surface area (Å²) in [6.45, 7) is 0. The average Bonchev–Trinajstić information content (AvgIpc) is 2.57. The maximum absolute atomic E-state index is 12.0. The molecule has 0 spiro atoms. The number of hydrogen-bond acceptors (Lipinski definition) is 3. The lowest BCUT2D eigenvalue weighted by molar-refractivity contribution is -0.116. The third kappa shape index (κ3) is 4.76. The van der Waals surface area contributed by atoms with Gasteiger partial charge in [-0.1, -0.05) is 48.0 Å². The molecule has 2 aromatic carbocycles. The van der Waals surface area contributed by atoms with Crippen molar-refractivity contribution in [1.82, 2.24) is 0 Å². The summed E-state index contributed by atoms with van der Waals surface area (Å²) in [5.41, 5.74) is 2.41. The van der Waals surface area contributed by atoms with Crippen LogP contribution in [0.5, 0.6) is 0 Å². The molecule has 0 aliphatic carbocycles. The first-order valence-corrected chi connectivity index (χ1v) is 7.66. The summed E-state index contributed by atoms with van der Waals surface area (Å²) in [7, 11) is 0. The predicted octanol–water partition coefficient (Wildman–Crippen LogP) is 4.29. The van der Waals surface area contributed by atoms with Crippen LogP contribution in [-0.4, -0.2) is 18.3 Å². The van der Waals surface area contributed by atoms with E-state index in [2.05, 4.69) is 5.32 Å². The minimum Gasteiger partial charge on any atom is -0.325 e. The fraction of sp³-hybridized carbons (Fsp3) is 0.167. The maximum Gasteiger partial charge on any atom is 0.224 e. The molecular weight excluding hydrogens is 310 g/mol. The summed E-state index contributed by atoms with van der Waals surface area (Å²) in [6.07, 6.45) is 3.41. The molecule has 0 saturated carbocycles. The Hall–Kier alpha value is -2.46. The van der Waals surface area contributed by atoms with Crippen molar-refractivity contribution in [2.24, 2.45) is 0 Å². The summed E-state index contributed by atoms with van der Waals surface area (Å²) >= 11 is 6.18. The van der Waals surface area contributed by atoms with Gasteiger partial charge in [0, 0.05) is 18.9 Å². The van der Waals surface area contributed by atoms with Gasteiger partial charge in [0.15, 0.2) is 0 Å². The molecule has 0 bridgehead atoms. The molecule has 0 aromatic heterocycles. The zero-order valence-electron chi connectivity index (χ0n) is 12.6. The molecule has 0 heterocycles. The molecule has 0 aliphatic rings. The van der Waals surface area contributed by atoms with E-state index in [1.807, 2.05) is 30.3 Å². The third-order valence-corrected chi connectivity index (χ3v) is 3.81. The first-order chi connectivity index (χ1) is 11.1. The van der Waals surface area contributed by atoms with Crippen molar-refractivity contribution >= 4 is 35.6 Å². The lowest BCUT2D eigenvalue weighted by Crippen LogP contribution is -2.13. The Morgan fingerprint density at radius 3 is 2.43 bits per heavy atom. The maximum atomic E-state index is 12.0. The Labute approximate surface area is 140 Å². The highest BCUT2D eigenvalue weighted by Crippen LogP contribution is 2.26. The molecule has 3 N–H and O–H groups in total. The van der Waals surface area contributed by atoms with E-state index in [9.17, 15) is 4.79 Å². The van der Waals surface area contributed by atoms with E-state index in [0.717, 1.165) is 11.1 Å². The molecular formula is C18H18ClN3O. The number of carbonyl (C=O) groups excluding carboxylic acids is 1. The van der Waals surface area contributed by atoms with Crippen molar-refractivity contribution in [3.05, 3.63) is 64.7 Å². The molecule has 0 atom stereocenters. The van der Waals surface area contributed by atoms with Crippen LogP contribution in [0, 0.1) is 10.8 Å². The van der Waals surface area contributed by atoms with Crippen molar-refractivity contribution < 1.29 is 4.79 Å². The van der Waals surface area contributed by atoms with E-state index < -0.39 is 5.92 Å². The zero-order chi connectivity index (χ0) is 16.7. The molecule has 0 unspecified atom stereocenters. The molecule has 2 aromatic rings. The number of anilines is 1. The van der Waals surface area contributed by atoms with Crippen LogP contribution in [0.4, 0.5) is 5.69 Å². The molecule has 0 saturated heterocycles. The topological polar surface area (TPSA) is 76.8 Å². The Bertz CT molecular complexity index is 693. The highest BCUT2D eigenvalue weighted by atomic mass is 35.5. The summed E-state index contributed by atoms with van der Waals surface area (Å²) in [4.78, 5) is 12.0. The number of carbonyl (C=O) groups is 1. The molecule has 23 heavy (non-hydrogen) atoms. The van der Waals surface area contributed by atoms with Gasteiger partial charge in [-0.25, -0.2) is 0 Å². The predicted molar refractivity (Wildman–Crippen MR) is 95.2 cm³/mol. The van der Waals surface area contributed by atoms with Gasteiger partial charge in [-0.3, -0.25) is 4.79 Å². The Kier molecular flexibility index (Phi) is 6.06. The monoisotopic (exact) mass is 327 g/mol. The first kappa shape index (κ1) is 16.9. The molecule has 0 radical (unpaired) electrons. The van der Waals surface area contributed by atoms with Gasteiger partial charge in [-0.2, -0.15) is 0 Å². The number of aryl methyl sites for hydroxylation is 1. The zero-order valence-corrected chi connectivity index (χ0v) is 13.3. The quantitative estimate of drug-likeness (QED) is 0.652. The number of amides is 1. The van der Waals surface area contributed by atoms with Crippen LogP contribution >= 0.6 is 11.6 Å². The molecule has 5 heteroatoms. The number of benzene rings is 2. The normalized spacial score (nSPS) is 11.5. The van der Waals surface area contributed by atoms with Gasteiger partial charge in [-0.05, 0) is 29.7 Å². The highest BCUT2D eigenvalue weighted by Gasteiger charge is 2.10. The summed E-state index contributed by atoms with van der Waals surface area (Å²) in [5, 5.41) is 17.8. The van der Waals surface area contributed by atoms with E-state index in [4.69, 9.17) is 22.4 Å². The van der Waals surface area contributed by atoms with Gasteiger partial charge in [0.2, 0.25) is 5.91 Å². The molecule has 2 rings (SSSR count). The van der Waals surface area contributed by atoms with Crippen LogP contribution in [0.2, 0.25) is 5.02 Å².